The van der Waals surface area contributed by atoms with E-state index < -0.39 is 0 Å². The Morgan fingerprint density at radius 1 is 1.40 bits per heavy atom. The normalized spacial score (nSPS) is 14.2. The number of nitrogens with two attached hydrogens (primary N) is 1. The molecule has 20 heavy (non-hydrogen) atoms. The molecule has 1 aromatic carbocycles. The van der Waals surface area contributed by atoms with E-state index in [0.717, 1.165) is 6.42 Å². The first-order chi connectivity index (χ1) is 9.60. The molecule has 2 aromatic rings. The quantitative estimate of drug-likeness (QED) is 0.822. The number of benzene rings is 1. The van der Waals surface area contributed by atoms with Gasteiger partial charge >= 0.3 is 0 Å². The van der Waals surface area contributed by atoms with Crippen molar-refractivity contribution < 1.29 is 4.52 Å². The molecule has 1 heterocycles. The molecule has 0 saturated carbocycles. The van der Waals surface area contributed by atoms with E-state index >= 15 is 0 Å². The second kappa shape index (κ2) is 6.90. The van der Waals surface area contributed by atoms with Crippen LogP contribution in [0.15, 0.2) is 33.7 Å². The lowest BCUT2D eigenvalue weighted by Gasteiger charge is -2.12. The van der Waals surface area contributed by atoms with Gasteiger partial charge in [-0.15, -0.1) is 11.8 Å². The molecule has 1 aromatic heterocycles. The van der Waals surface area contributed by atoms with Crippen LogP contribution >= 0.6 is 11.8 Å². The molecule has 4 nitrogen and oxygen atoms in total. The average Bonchev–Trinajstić information content (AvgIpc) is 2.92. The van der Waals surface area contributed by atoms with Crippen LogP contribution in [0.3, 0.4) is 0 Å². The molecular weight excluding hydrogens is 270 g/mol. The van der Waals surface area contributed by atoms with E-state index in [2.05, 4.69) is 55.2 Å². The summed E-state index contributed by atoms with van der Waals surface area (Å²) in [6.45, 7) is 6.28. The van der Waals surface area contributed by atoms with Gasteiger partial charge in [0.2, 0.25) is 5.89 Å². The Kier molecular flexibility index (Phi) is 5.20. The van der Waals surface area contributed by atoms with Gasteiger partial charge < -0.3 is 10.3 Å². The summed E-state index contributed by atoms with van der Waals surface area (Å²) < 4.78 is 5.26. The van der Waals surface area contributed by atoms with E-state index in [1.165, 1.54) is 10.5 Å². The van der Waals surface area contributed by atoms with Crippen LogP contribution in [0.25, 0.3) is 0 Å². The maximum absolute atomic E-state index is 6.09. The second-order valence-electron chi connectivity index (χ2n) is 5.07. The van der Waals surface area contributed by atoms with Gasteiger partial charge in [-0.25, -0.2) is 0 Å². The van der Waals surface area contributed by atoms with Crippen LogP contribution in [0, 0.1) is 12.8 Å². The Hall–Kier alpha value is -1.33. The van der Waals surface area contributed by atoms with Gasteiger partial charge in [-0.3, -0.25) is 0 Å². The van der Waals surface area contributed by atoms with E-state index in [4.69, 9.17) is 10.3 Å². The number of rotatable bonds is 6. The first-order valence-electron chi connectivity index (χ1n) is 6.87. The minimum Gasteiger partial charge on any atom is -0.338 e. The van der Waals surface area contributed by atoms with Crippen molar-refractivity contribution in [1.29, 1.82) is 0 Å². The Bertz CT molecular complexity index is 556. The standard InChI is InChI=1S/C15H21N3OS/c1-4-11(3)14(16)15-17-13(18-19-15)9-20-12-7-5-6-10(2)8-12/h5-8,11,14H,4,9,16H2,1-3H3/t11?,14-/m0/s1. The van der Waals surface area contributed by atoms with Crippen molar-refractivity contribution in [3.8, 4) is 0 Å². The fourth-order valence-electron chi connectivity index (χ4n) is 1.81. The number of hydrogen-bond acceptors (Lipinski definition) is 5. The Morgan fingerprint density at radius 3 is 2.90 bits per heavy atom. The van der Waals surface area contributed by atoms with Crippen LogP contribution in [0.4, 0.5) is 0 Å². The Morgan fingerprint density at radius 2 is 2.20 bits per heavy atom. The van der Waals surface area contributed by atoms with Crippen molar-refractivity contribution in [3.05, 3.63) is 41.5 Å². The third kappa shape index (κ3) is 3.84. The topological polar surface area (TPSA) is 64.9 Å². The Balaban J connectivity index is 1.96. The monoisotopic (exact) mass is 291 g/mol. The fourth-order valence-corrected chi connectivity index (χ4v) is 2.67. The third-order valence-electron chi connectivity index (χ3n) is 3.38. The molecule has 2 rings (SSSR count). The van der Waals surface area contributed by atoms with Crippen LogP contribution in [0.5, 0.6) is 0 Å². The smallest absolute Gasteiger partial charge is 0.243 e. The highest BCUT2D eigenvalue weighted by Gasteiger charge is 2.19. The van der Waals surface area contributed by atoms with Crippen molar-refractivity contribution in [3.63, 3.8) is 0 Å². The summed E-state index contributed by atoms with van der Waals surface area (Å²) in [6.07, 6.45) is 0.997. The van der Waals surface area contributed by atoms with Gasteiger partial charge in [0.15, 0.2) is 5.82 Å². The van der Waals surface area contributed by atoms with E-state index in [1.54, 1.807) is 11.8 Å². The maximum Gasteiger partial charge on any atom is 0.243 e. The number of aromatic nitrogens is 2. The predicted molar refractivity (Wildman–Crippen MR) is 81.4 cm³/mol. The highest BCUT2D eigenvalue weighted by atomic mass is 32.2. The summed E-state index contributed by atoms with van der Waals surface area (Å²) in [5.41, 5.74) is 7.34. The largest absolute Gasteiger partial charge is 0.338 e. The molecule has 0 bridgehead atoms. The summed E-state index contributed by atoms with van der Waals surface area (Å²) in [6, 6.07) is 8.20. The lowest BCUT2D eigenvalue weighted by Crippen LogP contribution is -2.18. The van der Waals surface area contributed by atoms with E-state index in [0.29, 0.717) is 23.4 Å². The van der Waals surface area contributed by atoms with E-state index in [9.17, 15) is 0 Å². The van der Waals surface area contributed by atoms with E-state index in [-0.39, 0.29) is 6.04 Å². The number of nitrogens with zero attached hydrogens (tertiary/aromatic N) is 2. The molecule has 2 N–H and O–H groups in total. The number of thioether (sulfide) groups is 1. The minimum absolute atomic E-state index is 0.176. The van der Waals surface area contributed by atoms with Gasteiger partial charge in [0, 0.05) is 4.90 Å². The van der Waals surface area contributed by atoms with Crippen LogP contribution in [0.1, 0.15) is 43.6 Å². The molecule has 0 spiro atoms. The van der Waals surface area contributed by atoms with Crippen molar-refractivity contribution in [2.75, 3.05) is 0 Å². The molecule has 1 unspecified atom stereocenters. The molecule has 0 radical (unpaired) electrons. The van der Waals surface area contributed by atoms with Crippen molar-refractivity contribution in [2.24, 2.45) is 11.7 Å². The molecule has 2 atom stereocenters. The van der Waals surface area contributed by atoms with Crippen molar-refractivity contribution >= 4 is 11.8 Å². The van der Waals surface area contributed by atoms with Gasteiger partial charge in [-0.05, 0) is 25.0 Å². The molecule has 5 heteroatoms. The summed E-state index contributed by atoms with van der Waals surface area (Å²) >= 11 is 1.70. The predicted octanol–water partition coefficient (Wildman–Crippen LogP) is 3.72. The average molecular weight is 291 g/mol. The summed E-state index contributed by atoms with van der Waals surface area (Å²) in [5.74, 6) is 2.28. The molecule has 0 aliphatic carbocycles. The van der Waals surface area contributed by atoms with Gasteiger partial charge in [-0.1, -0.05) is 43.1 Å². The summed E-state index contributed by atoms with van der Waals surface area (Å²) in [4.78, 5) is 5.60. The lowest BCUT2D eigenvalue weighted by molar-refractivity contribution is 0.311. The van der Waals surface area contributed by atoms with Gasteiger partial charge in [0.1, 0.15) is 0 Å². The summed E-state index contributed by atoms with van der Waals surface area (Å²) in [7, 11) is 0. The molecule has 0 aliphatic heterocycles. The zero-order chi connectivity index (χ0) is 14.5. The first-order valence-corrected chi connectivity index (χ1v) is 7.86. The Labute approximate surface area is 124 Å². The summed E-state index contributed by atoms with van der Waals surface area (Å²) in [5, 5.41) is 4.00. The van der Waals surface area contributed by atoms with Gasteiger partial charge in [0.05, 0.1) is 11.8 Å². The zero-order valence-electron chi connectivity index (χ0n) is 12.2. The third-order valence-corrected chi connectivity index (χ3v) is 4.37. The van der Waals surface area contributed by atoms with Crippen LogP contribution in [-0.4, -0.2) is 10.1 Å². The van der Waals surface area contributed by atoms with Crippen molar-refractivity contribution in [1.82, 2.24) is 10.1 Å². The fraction of sp³-hybridized carbons (Fsp3) is 0.467. The molecule has 108 valence electrons. The van der Waals surface area contributed by atoms with Crippen LogP contribution < -0.4 is 5.73 Å². The van der Waals surface area contributed by atoms with E-state index in [1.807, 2.05) is 0 Å². The SMILES string of the molecule is CCC(C)[C@H](N)c1nc(CSc2cccc(C)c2)no1. The van der Waals surface area contributed by atoms with Crippen molar-refractivity contribution in [2.45, 2.75) is 43.9 Å². The van der Waals surface area contributed by atoms with Gasteiger partial charge in [0.25, 0.3) is 0 Å². The van der Waals surface area contributed by atoms with Gasteiger partial charge in [-0.2, -0.15) is 4.98 Å². The minimum atomic E-state index is -0.176. The van der Waals surface area contributed by atoms with Crippen LogP contribution in [-0.2, 0) is 5.75 Å². The molecule has 0 fully saturated rings. The second-order valence-corrected chi connectivity index (χ2v) is 6.11. The molecule has 0 amide bonds. The highest BCUT2D eigenvalue weighted by molar-refractivity contribution is 7.98. The number of hydrogen-bond donors (Lipinski definition) is 1. The lowest BCUT2D eigenvalue weighted by atomic mass is 10.0. The highest BCUT2D eigenvalue weighted by Crippen LogP contribution is 2.24. The molecule has 0 saturated heterocycles. The zero-order valence-corrected chi connectivity index (χ0v) is 13.0. The first kappa shape index (κ1) is 15.1. The molecular formula is C15H21N3OS. The number of aryl methyl sites for hydroxylation is 1. The van der Waals surface area contributed by atoms with Crippen LogP contribution in [0.2, 0.25) is 0 Å². The molecule has 0 aliphatic rings. The maximum atomic E-state index is 6.09.